The molecule has 1 saturated heterocycles. The van der Waals surface area contributed by atoms with Crippen LogP contribution in [-0.4, -0.2) is 30.1 Å². The van der Waals surface area contributed by atoms with Crippen molar-refractivity contribution in [3.05, 3.63) is 0 Å². The maximum atomic E-state index is 5.77. The number of nitrogens with zero attached hydrogens (tertiary/aromatic N) is 1. The average Bonchev–Trinajstić information content (AvgIpc) is 2.52. The van der Waals surface area contributed by atoms with E-state index in [0.29, 0.717) is 0 Å². The normalized spacial score (nSPS) is 25.8. The van der Waals surface area contributed by atoms with Crippen molar-refractivity contribution in [1.29, 1.82) is 0 Å². The molecular weight excluding hydrogens is 160 g/mol. The van der Waals surface area contributed by atoms with Gasteiger partial charge < -0.3 is 5.73 Å². The Labute approximate surface area is 82.5 Å². The lowest BCUT2D eigenvalue weighted by molar-refractivity contribution is 0.152. The van der Waals surface area contributed by atoms with Gasteiger partial charge in [0.05, 0.1) is 0 Å². The third-order valence-electron chi connectivity index (χ3n) is 3.52. The van der Waals surface area contributed by atoms with Gasteiger partial charge in [-0.25, -0.2) is 0 Å². The highest BCUT2D eigenvalue weighted by Gasteiger charge is 2.33. The lowest BCUT2D eigenvalue weighted by Crippen LogP contribution is -2.48. The van der Waals surface area contributed by atoms with Crippen molar-refractivity contribution < 1.29 is 0 Å². The molecule has 2 nitrogen and oxygen atoms in total. The van der Waals surface area contributed by atoms with Crippen LogP contribution in [0.15, 0.2) is 0 Å². The van der Waals surface area contributed by atoms with Crippen molar-refractivity contribution in [2.24, 2.45) is 17.6 Å². The molecule has 0 aliphatic carbocycles. The van der Waals surface area contributed by atoms with E-state index in [-0.39, 0.29) is 5.54 Å². The Morgan fingerprint density at radius 2 is 2.08 bits per heavy atom. The van der Waals surface area contributed by atoms with Gasteiger partial charge in [0, 0.05) is 18.6 Å². The first-order valence-electron chi connectivity index (χ1n) is 5.42. The van der Waals surface area contributed by atoms with Gasteiger partial charge in [0.25, 0.3) is 0 Å². The summed E-state index contributed by atoms with van der Waals surface area (Å²) in [6.45, 7) is 12.4. The van der Waals surface area contributed by atoms with E-state index in [4.69, 9.17) is 5.73 Å². The summed E-state index contributed by atoms with van der Waals surface area (Å²) >= 11 is 0. The predicted molar refractivity (Wildman–Crippen MR) is 57.7 cm³/mol. The summed E-state index contributed by atoms with van der Waals surface area (Å²) in [5.74, 6) is 1.70. The van der Waals surface area contributed by atoms with Crippen molar-refractivity contribution in [2.75, 3.05) is 19.6 Å². The molecule has 13 heavy (non-hydrogen) atoms. The maximum absolute atomic E-state index is 5.77. The Balaban J connectivity index is 2.49. The van der Waals surface area contributed by atoms with Crippen LogP contribution in [0.2, 0.25) is 0 Å². The molecule has 0 aromatic heterocycles. The van der Waals surface area contributed by atoms with Crippen LogP contribution in [0.1, 0.15) is 34.1 Å². The van der Waals surface area contributed by atoms with Crippen LogP contribution in [0.4, 0.5) is 0 Å². The molecule has 1 aliphatic rings. The molecule has 1 heterocycles. The van der Waals surface area contributed by atoms with Crippen LogP contribution in [-0.2, 0) is 0 Å². The van der Waals surface area contributed by atoms with Crippen molar-refractivity contribution >= 4 is 0 Å². The van der Waals surface area contributed by atoms with E-state index in [1.165, 1.54) is 19.5 Å². The Bertz CT molecular complexity index is 163. The van der Waals surface area contributed by atoms with Crippen molar-refractivity contribution in [3.63, 3.8) is 0 Å². The van der Waals surface area contributed by atoms with Crippen LogP contribution in [0.5, 0.6) is 0 Å². The second-order valence-corrected chi connectivity index (χ2v) is 5.26. The second-order valence-electron chi connectivity index (χ2n) is 5.26. The summed E-state index contributed by atoms with van der Waals surface area (Å²) in [6, 6.07) is 0. The van der Waals surface area contributed by atoms with E-state index < -0.39 is 0 Å². The molecule has 2 heteroatoms. The minimum Gasteiger partial charge on any atom is -0.329 e. The highest BCUT2D eigenvalue weighted by atomic mass is 15.2. The van der Waals surface area contributed by atoms with Gasteiger partial charge in [0.2, 0.25) is 0 Å². The predicted octanol–water partition coefficient (Wildman–Crippen LogP) is 1.70. The Hall–Kier alpha value is -0.0800. The molecular formula is C11H24N2. The highest BCUT2D eigenvalue weighted by Crippen LogP contribution is 2.28. The maximum Gasteiger partial charge on any atom is 0.0275 e. The Morgan fingerprint density at radius 3 is 2.46 bits per heavy atom. The fraction of sp³-hybridized carbons (Fsp3) is 1.00. The van der Waals surface area contributed by atoms with E-state index in [9.17, 15) is 0 Å². The summed E-state index contributed by atoms with van der Waals surface area (Å²) < 4.78 is 0. The fourth-order valence-electron chi connectivity index (χ4n) is 2.01. The summed E-state index contributed by atoms with van der Waals surface area (Å²) in [5.41, 5.74) is 5.96. The molecule has 0 aromatic rings. The van der Waals surface area contributed by atoms with E-state index in [0.717, 1.165) is 18.4 Å². The summed E-state index contributed by atoms with van der Waals surface area (Å²) in [7, 11) is 0. The molecule has 1 atom stereocenters. The van der Waals surface area contributed by atoms with Gasteiger partial charge in [-0.05, 0) is 38.6 Å². The average molecular weight is 184 g/mol. The lowest BCUT2D eigenvalue weighted by Gasteiger charge is -2.34. The fourth-order valence-corrected chi connectivity index (χ4v) is 2.01. The van der Waals surface area contributed by atoms with Gasteiger partial charge in [-0.1, -0.05) is 13.8 Å². The largest absolute Gasteiger partial charge is 0.329 e. The quantitative estimate of drug-likeness (QED) is 0.723. The first kappa shape index (κ1) is 11.0. The van der Waals surface area contributed by atoms with Crippen LogP contribution in [0, 0.1) is 11.8 Å². The summed E-state index contributed by atoms with van der Waals surface area (Å²) in [6.07, 6.45) is 1.35. The lowest BCUT2D eigenvalue weighted by atomic mass is 9.95. The second kappa shape index (κ2) is 3.97. The van der Waals surface area contributed by atoms with Gasteiger partial charge in [0.1, 0.15) is 0 Å². The van der Waals surface area contributed by atoms with Crippen molar-refractivity contribution in [3.8, 4) is 0 Å². The molecule has 0 aromatic carbocycles. The molecule has 1 unspecified atom stereocenters. The van der Waals surface area contributed by atoms with E-state index in [1.807, 2.05) is 0 Å². The minimum atomic E-state index is 0.198. The summed E-state index contributed by atoms with van der Waals surface area (Å²) in [5, 5.41) is 0. The highest BCUT2D eigenvalue weighted by molar-refractivity contribution is 4.89. The first-order valence-corrected chi connectivity index (χ1v) is 5.42. The van der Waals surface area contributed by atoms with Crippen LogP contribution < -0.4 is 5.73 Å². The molecule has 0 bridgehead atoms. The standard InChI is InChI=1S/C11H24N2/c1-9(2)10-5-6-13(7-10)11(3,4)8-12/h9-10H,5-8,12H2,1-4H3. The molecule has 0 spiro atoms. The van der Waals surface area contributed by atoms with Crippen molar-refractivity contribution in [2.45, 2.75) is 39.7 Å². The van der Waals surface area contributed by atoms with Gasteiger partial charge in [-0.3, -0.25) is 4.90 Å². The van der Waals surface area contributed by atoms with Crippen LogP contribution in [0.25, 0.3) is 0 Å². The summed E-state index contributed by atoms with van der Waals surface area (Å²) in [4.78, 5) is 2.54. The van der Waals surface area contributed by atoms with Gasteiger partial charge in [-0.15, -0.1) is 0 Å². The number of hydrogen-bond donors (Lipinski definition) is 1. The number of hydrogen-bond acceptors (Lipinski definition) is 2. The topological polar surface area (TPSA) is 29.3 Å². The van der Waals surface area contributed by atoms with Gasteiger partial charge in [0.15, 0.2) is 0 Å². The molecule has 0 amide bonds. The van der Waals surface area contributed by atoms with E-state index >= 15 is 0 Å². The zero-order valence-corrected chi connectivity index (χ0v) is 9.51. The number of likely N-dealkylation sites (tertiary alicyclic amines) is 1. The molecule has 1 aliphatic heterocycles. The first-order chi connectivity index (χ1) is 5.97. The SMILES string of the molecule is CC(C)C1CCN(C(C)(C)CN)C1. The van der Waals surface area contributed by atoms with E-state index in [1.54, 1.807) is 0 Å². The third kappa shape index (κ3) is 2.44. The zero-order chi connectivity index (χ0) is 10.1. The Kier molecular flexibility index (Phi) is 3.36. The number of rotatable bonds is 3. The molecule has 1 fully saturated rings. The van der Waals surface area contributed by atoms with Gasteiger partial charge >= 0.3 is 0 Å². The molecule has 0 radical (unpaired) electrons. The van der Waals surface area contributed by atoms with E-state index in [2.05, 4.69) is 32.6 Å². The Morgan fingerprint density at radius 1 is 1.46 bits per heavy atom. The third-order valence-corrected chi connectivity index (χ3v) is 3.52. The minimum absolute atomic E-state index is 0.198. The molecule has 1 rings (SSSR count). The zero-order valence-electron chi connectivity index (χ0n) is 9.51. The monoisotopic (exact) mass is 184 g/mol. The molecule has 78 valence electrons. The smallest absolute Gasteiger partial charge is 0.0275 e. The molecule has 0 saturated carbocycles. The molecule has 2 N–H and O–H groups in total. The van der Waals surface area contributed by atoms with Crippen molar-refractivity contribution in [1.82, 2.24) is 4.90 Å². The van der Waals surface area contributed by atoms with Gasteiger partial charge in [-0.2, -0.15) is 0 Å². The van der Waals surface area contributed by atoms with Crippen LogP contribution in [0.3, 0.4) is 0 Å². The number of nitrogens with two attached hydrogens (primary N) is 1. The van der Waals surface area contributed by atoms with Crippen LogP contribution >= 0.6 is 0 Å².